The molecule has 0 aliphatic heterocycles. The number of hydrazine groups is 1. The second kappa shape index (κ2) is 8.85. The number of hydrogen-bond donors (Lipinski definition) is 2. The first kappa shape index (κ1) is 20.7. The summed E-state index contributed by atoms with van der Waals surface area (Å²) in [6, 6.07) is 11.9. The molecular formula is C17H18ClN3O5S. The number of rotatable bonds is 6. The minimum absolute atomic E-state index is 0.0300. The third kappa shape index (κ3) is 5.68. The molecule has 0 aliphatic rings. The molecule has 2 amide bonds. The lowest BCUT2D eigenvalue weighted by molar-refractivity contribution is -0.123. The standard InChI is InChI=1S/C17H18ClN3O5S/c1-21(2)27(24,25)15-5-3-4-12(10-15)17(23)20-19-16(22)11-26-14-8-6-13(18)7-9-14/h3-10H,11H2,1-2H3,(H,19,22)(H,20,23). The van der Waals surface area contributed by atoms with Crippen molar-refractivity contribution in [3.8, 4) is 5.75 Å². The summed E-state index contributed by atoms with van der Waals surface area (Å²) in [5.74, 6) is -0.802. The number of amides is 2. The maximum Gasteiger partial charge on any atom is 0.276 e. The van der Waals surface area contributed by atoms with Gasteiger partial charge < -0.3 is 4.74 Å². The smallest absolute Gasteiger partial charge is 0.276 e. The van der Waals surface area contributed by atoms with Crippen LogP contribution in [0.25, 0.3) is 0 Å². The third-order valence-corrected chi connectivity index (χ3v) is 5.44. The summed E-state index contributed by atoms with van der Waals surface area (Å²) < 4.78 is 30.5. The number of carbonyl (C=O) groups is 2. The van der Waals surface area contributed by atoms with Crippen LogP contribution < -0.4 is 15.6 Å². The number of benzene rings is 2. The van der Waals surface area contributed by atoms with E-state index < -0.39 is 21.8 Å². The van der Waals surface area contributed by atoms with Gasteiger partial charge in [0, 0.05) is 24.7 Å². The van der Waals surface area contributed by atoms with Gasteiger partial charge >= 0.3 is 0 Å². The van der Waals surface area contributed by atoms with Crippen molar-refractivity contribution in [3.63, 3.8) is 0 Å². The van der Waals surface area contributed by atoms with Gasteiger partial charge in [-0.2, -0.15) is 0 Å². The Kier molecular flexibility index (Phi) is 6.78. The molecule has 2 aromatic rings. The average molecular weight is 412 g/mol. The fourth-order valence-electron chi connectivity index (χ4n) is 1.92. The Bertz CT molecular complexity index is 930. The number of sulfonamides is 1. The molecule has 0 atom stereocenters. The van der Waals surface area contributed by atoms with Crippen LogP contribution in [0.3, 0.4) is 0 Å². The van der Waals surface area contributed by atoms with Gasteiger partial charge in [-0.15, -0.1) is 0 Å². The van der Waals surface area contributed by atoms with Crippen LogP contribution in [-0.4, -0.2) is 45.2 Å². The molecule has 0 saturated carbocycles. The van der Waals surface area contributed by atoms with Gasteiger partial charge in [-0.25, -0.2) is 12.7 Å². The summed E-state index contributed by atoms with van der Waals surface area (Å²) in [5.41, 5.74) is 4.48. The largest absolute Gasteiger partial charge is 0.484 e. The van der Waals surface area contributed by atoms with Gasteiger partial charge in [0.15, 0.2) is 6.61 Å². The third-order valence-electron chi connectivity index (χ3n) is 3.37. The molecule has 2 aromatic carbocycles. The molecule has 2 rings (SSSR count). The first-order chi connectivity index (χ1) is 12.7. The lowest BCUT2D eigenvalue weighted by Gasteiger charge is -2.12. The number of nitrogens with zero attached hydrogens (tertiary/aromatic N) is 1. The quantitative estimate of drug-likeness (QED) is 0.699. The normalized spacial score (nSPS) is 11.1. The Labute approximate surface area is 162 Å². The molecule has 27 heavy (non-hydrogen) atoms. The maximum absolute atomic E-state index is 12.1. The first-order valence-electron chi connectivity index (χ1n) is 7.70. The topological polar surface area (TPSA) is 105 Å². The van der Waals surface area contributed by atoms with Crippen molar-refractivity contribution in [2.24, 2.45) is 0 Å². The van der Waals surface area contributed by atoms with Crippen molar-refractivity contribution < 1.29 is 22.7 Å². The van der Waals surface area contributed by atoms with Gasteiger partial charge in [0.05, 0.1) is 4.90 Å². The highest BCUT2D eigenvalue weighted by Gasteiger charge is 2.18. The Morgan fingerprint density at radius 1 is 1.07 bits per heavy atom. The molecule has 8 nitrogen and oxygen atoms in total. The van der Waals surface area contributed by atoms with Crippen molar-refractivity contribution in [2.45, 2.75) is 4.90 Å². The number of hydrogen-bond acceptors (Lipinski definition) is 5. The molecule has 10 heteroatoms. The van der Waals surface area contributed by atoms with E-state index in [2.05, 4.69) is 10.9 Å². The van der Waals surface area contributed by atoms with Gasteiger partial charge in [0.2, 0.25) is 10.0 Å². The van der Waals surface area contributed by atoms with Crippen LogP contribution in [0.2, 0.25) is 5.02 Å². The highest BCUT2D eigenvalue weighted by Crippen LogP contribution is 2.16. The highest BCUT2D eigenvalue weighted by atomic mass is 35.5. The molecule has 0 aliphatic carbocycles. The molecule has 144 valence electrons. The van der Waals surface area contributed by atoms with Crippen molar-refractivity contribution in [2.75, 3.05) is 20.7 Å². The average Bonchev–Trinajstić information content (AvgIpc) is 2.65. The summed E-state index contributed by atoms with van der Waals surface area (Å²) in [4.78, 5) is 23.8. The molecule has 0 radical (unpaired) electrons. The predicted octanol–water partition coefficient (Wildman–Crippen LogP) is 1.43. The fourth-order valence-corrected chi connectivity index (χ4v) is 3.00. The van der Waals surface area contributed by atoms with Crippen molar-refractivity contribution >= 4 is 33.4 Å². The molecule has 0 saturated heterocycles. The second-order valence-electron chi connectivity index (χ2n) is 5.56. The molecule has 0 aromatic heterocycles. The number of nitrogens with one attached hydrogen (secondary N) is 2. The summed E-state index contributed by atoms with van der Waals surface area (Å²) in [6.07, 6.45) is 0. The van der Waals surface area contributed by atoms with E-state index in [0.717, 1.165) is 4.31 Å². The van der Waals surface area contributed by atoms with E-state index in [0.29, 0.717) is 10.8 Å². The van der Waals surface area contributed by atoms with Gasteiger partial charge in [0.25, 0.3) is 11.8 Å². The van der Waals surface area contributed by atoms with E-state index in [1.807, 2.05) is 0 Å². The van der Waals surface area contributed by atoms with Crippen LogP contribution in [0.5, 0.6) is 5.75 Å². The van der Waals surface area contributed by atoms with Gasteiger partial charge in [0.1, 0.15) is 5.75 Å². The van der Waals surface area contributed by atoms with Crippen LogP contribution >= 0.6 is 11.6 Å². The maximum atomic E-state index is 12.1. The monoisotopic (exact) mass is 411 g/mol. The molecule has 0 fully saturated rings. The van der Waals surface area contributed by atoms with E-state index in [1.165, 1.54) is 38.4 Å². The summed E-state index contributed by atoms with van der Waals surface area (Å²) >= 11 is 5.75. The summed E-state index contributed by atoms with van der Waals surface area (Å²) in [5, 5.41) is 0.539. The first-order valence-corrected chi connectivity index (χ1v) is 9.52. The van der Waals surface area contributed by atoms with Gasteiger partial charge in [-0.05, 0) is 42.5 Å². The molecular weight excluding hydrogens is 394 g/mol. The van der Waals surface area contributed by atoms with Crippen LogP contribution in [-0.2, 0) is 14.8 Å². The predicted molar refractivity (Wildman–Crippen MR) is 99.9 cm³/mol. The van der Waals surface area contributed by atoms with Crippen molar-refractivity contribution in [3.05, 3.63) is 59.1 Å². The zero-order chi connectivity index (χ0) is 20.0. The van der Waals surface area contributed by atoms with E-state index in [1.54, 1.807) is 24.3 Å². The van der Waals surface area contributed by atoms with Crippen molar-refractivity contribution in [1.29, 1.82) is 0 Å². The minimum atomic E-state index is -3.67. The Balaban J connectivity index is 1.91. The van der Waals surface area contributed by atoms with Gasteiger partial charge in [-0.1, -0.05) is 17.7 Å². The Hall–Kier alpha value is -2.62. The lowest BCUT2D eigenvalue weighted by Crippen LogP contribution is -2.43. The SMILES string of the molecule is CN(C)S(=O)(=O)c1cccc(C(=O)NNC(=O)COc2ccc(Cl)cc2)c1. The van der Waals surface area contributed by atoms with Crippen LogP contribution in [0.15, 0.2) is 53.4 Å². The minimum Gasteiger partial charge on any atom is -0.484 e. The molecule has 2 N–H and O–H groups in total. The zero-order valence-corrected chi connectivity index (χ0v) is 16.2. The van der Waals surface area contributed by atoms with Gasteiger partial charge in [-0.3, -0.25) is 20.4 Å². The number of carbonyl (C=O) groups excluding carboxylic acids is 2. The summed E-state index contributed by atoms with van der Waals surface area (Å²) in [6.45, 7) is -0.322. The lowest BCUT2D eigenvalue weighted by atomic mass is 10.2. The van der Waals surface area contributed by atoms with Crippen molar-refractivity contribution in [1.82, 2.24) is 15.2 Å². The second-order valence-corrected chi connectivity index (χ2v) is 8.15. The Morgan fingerprint density at radius 2 is 1.74 bits per heavy atom. The molecule has 0 bridgehead atoms. The van der Waals surface area contributed by atoms with E-state index in [-0.39, 0.29) is 17.1 Å². The number of ether oxygens (including phenoxy) is 1. The van der Waals surface area contributed by atoms with Crippen LogP contribution in [0.1, 0.15) is 10.4 Å². The summed E-state index contributed by atoms with van der Waals surface area (Å²) in [7, 11) is -0.886. The number of halogens is 1. The fraction of sp³-hybridized carbons (Fsp3) is 0.176. The van der Waals surface area contributed by atoms with E-state index in [4.69, 9.17) is 16.3 Å². The molecule has 0 spiro atoms. The van der Waals surface area contributed by atoms with E-state index in [9.17, 15) is 18.0 Å². The Morgan fingerprint density at radius 3 is 2.37 bits per heavy atom. The highest BCUT2D eigenvalue weighted by molar-refractivity contribution is 7.89. The van der Waals surface area contributed by atoms with Crippen LogP contribution in [0.4, 0.5) is 0 Å². The molecule has 0 heterocycles. The van der Waals surface area contributed by atoms with E-state index >= 15 is 0 Å². The zero-order valence-electron chi connectivity index (χ0n) is 14.6. The molecule has 0 unspecified atom stereocenters. The van der Waals surface area contributed by atoms with Crippen LogP contribution in [0, 0.1) is 0 Å².